The fourth-order valence-electron chi connectivity index (χ4n) is 2.65. The minimum Gasteiger partial charge on any atom is -0.486 e. The second-order valence-electron chi connectivity index (χ2n) is 6.00. The first-order valence-corrected chi connectivity index (χ1v) is 8.75. The average Bonchev–Trinajstić information content (AvgIpc) is 2.71. The SMILES string of the molecule is COCCCNC(=O)c1cccc(C(=O)Nc2ccc3c(c2)OCCO3)c1. The van der Waals surface area contributed by atoms with Crippen molar-refractivity contribution in [2.24, 2.45) is 0 Å². The number of ether oxygens (including phenoxy) is 3. The first kappa shape index (κ1) is 18.7. The van der Waals surface area contributed by atoms with E-state index >= 15 is 0 Å². The summed E-state index contributed by atoms with van der Waals surface area (Å²) in [5, 5.41) is 5.61. The number of hydrogen-bond acceptors (Lipinski definition) is 5. The van der Waals surface area contributed by atoms with E-state index in [4.69, 9.17) is 14.2 Å². The van der Waals surface area contributed by atoms with Crippen molar-refractivity contribution >= 4 is 17.5 Å². The second kappa shape index (κ2) is 9.05. The van der Waals surface area contributed by atoms with Gasteiger partial charge in [0.05, 0.1) is 0 Å². The number of anilines is 1. The predicted molar refractivity (Wildman–Crippen MR) is 101 cm³/mol. The van der Waals surface area contributed by atoms with Gasteiger partial charge in [-0.3, -0.25) is 9.59 Å². The highest BCUT2D eigenvalue weighted by Crippen LogP contribution is 2.32. The molecule has 7 heteroatoms. The summed E-state index contributed by atoms with van der Waals surface area (Å²) in [7, 11) is 1.62. The maximum atomic E-state index is 12.5. The van der Waals surface area contributed by atoms with E-state index in [1.807, 2.05) is 0 Å². The average molecular weight is 370 g/mol. The molecule has 2 amide bonds. The van der Waals surface area contributed by atoms with Crippen LogP contribution >= 0.6 is 0 Å². The van der Waals surface area contributed by atoms with Gasteiger partial charge in [0.25, 0.3) is 11.8 Å². The molecule has 7 nitrogen and oxygen atoms in total. The first-order valence-electron chi connectivity index (χ1n) is 8.75. The molecule has 3 rings (SSSR count). The lowest BCUT2D eigenvalue weighted by Gasteiger charge is -2.19. The number of carbonyl (C=O) groups is 2. The van der Waals surface area contributed by atoms with E-state index in [9.17, 15) is 9.59 Å². The summed E-state index contributed by atoms with van der Waals surface area (Å²) >= 11 is 0. The minimum atomic E-state index is -0.305. The molecule has 0 radical (unpaired) electrons. The Morgan fingerprint density at radius 1 is 1.00 bits per heavy atom. The Labute approximate surface area is 157 Å². The monoisotopic (exact) mass is 370 g/mol. The highest BCUT2D eigenvalue weighted by molar-refractivity contribution is 6.06. The number of hydrogen-bond donors (Lipinski definition) is 2. The molecule has 0 fully saturated rings. The van der Waals surface area contributed by atoms with E-state index in [-0.39, 0.29) is 11.8 Å². The van der Waals surface area contributed by atoms with E-state index in [1.54, 1.807) is 49.6 Å². The van der Waals surface area contributed by atoms with E-state index < -0.39 is 0 Å². The van der Waals surface area contributed by atoms with Crippen LogP contribution in [-0.2, 0) is 4.74 Å². The van der Waals surface area contributed by atoms with E-state index in [1.165, 1.54) is 0 Å². The highest BCUT2D eigenvalue weighted by atomic mass is 16.6. The van der Waals surface area contributed by atoms with Gasteiger partial charge in [-0.15, -0.1) is 0 Å². The standard InChI is InChI=1S/C20H22N2O5/c1-25-9-3-8-21-19(23)14-4-2-5-15(12-14)20(24)22-16-6-7-17-18(13-16)27-11-10-26-17/h2,4-7,12-13H,3,8-11H2,1H3,(H,21,23)(H,22,24). The Hall–Kier alpha value is -3.06. The zero-order valence-electron chi connectivity index (χ0n) is 15.1. The van der Waals surface area contributed by atoms with Gasteiger partial charge >= 0.3 is 0 Å². The molecule has 0 atom stereocenters. The molecule has 0 unspecified atom stereocenters. The summed E-state index contributed by atoms with van der Waals surface area (Å²) in [5.74, 6) is 0.732. The second-order valence-corrected chi connectivity index (χ2v) is 6.00. The Kier molecular flexibility index (Phi) is 6.27. The van der Waals surface area contributed by atoms with Crippen LogP contribution in [0.25, 0.3) is 0 Å². The van der Waals surface area contributed by atoms with Gasteiger partial charge < -0.3 is 24.8 Å². The molecule has 1 aliphatic heterocycles. The lowest BCUT2D eigenvalue weighted by molar-refractivity contribution is 0.0948. The minimum absolute atomic E-state index is 0.222. The molecule has 2 aromatic carbocycles. The van der Waals surface area contributed by atoms with Gasteiger partial charge in [-0.05, 0) is 36.8 Å². The lowest BCUT2D eigenvalue weighted by atomic mass is 10.1. The van der Waals surface area contributed by atoms with Crippen LogP contribution in [0.5, 0.6) is 11.5 Å². The summed E-state index contributed by atoms with van der Waals surface area (Å²) in [6.07, 6.45) is 0.729. The number of benzene rings is 2. The molecule has 1 heterocycles. The van der Waals surface area contributed by atoms with Crippen molar-refractivity contribution in [1.29, 1.82) is 0 Å². The van der Waals surface area contributed by atoms with E-state index in [0.717, 1.165) is 6.42 Å². The van der Waals surface area contributed by atoms with Gasteiger partial charge in [0.15, 0.2) is 11.5 Å². The number of fused-ring (bicyclic) bond motifs is 1. The highest BCUT2D eigenvalue weighted by Gasteiger charge is 2.14. The lowest BCUT2D eigenvalue weighted by Crippen LogP contribution is -2.25. The fourth-order valence-corrected chi connectivity index (χ4v) is 2.65. The molecule has 0 saturated carbocycles. The van der Waals surface area contributed by atoms with Gasteiger partial charge in [0, 0.05) is 43.1 Å². The van der Waals surface area contributed by atoms with Crippen LogP contribution in [-0.4, -0.2) is 45.3 Å². The van der Waals surface area contributed by atoms with Crippen molar-refractivity contribution in [3.8, 4) is 11.5 Å². The Balaban J connectivity index is 1.64. The molecule has 0 aromatic heterocycles. The number of carbonyl (C=O) groups excluding carboxylic acids is 2. The molecular weight excluding hydrogens is 348 g/mol. The number of amides is 2. The molecule has 2 aromatic rings. The van der Waals surface area contributed by atoms with Gasteiger partial charge in [-0.2, -0.15) is 0 Å². The topological polar surface area (TPSA) is 85.9 Å². The van der Waals surface area contributed by atoms with Crippen LogP contribution in [0.4, 0.5) is 5.69 Å². The summed E-state index contributed by atoms with van der Waals surface area (Å²) in [6.45, 7) is 2.09. The third-order valence-corrected chi connectivity index (χ3v) is 4.00. The normalized spacial score (nSPS) is 12.3. The zero-order chi connectivity index (χ0) is 19.1. The van der Waals surface area contributed by atoms with Crippen LogP contribution < -0.4 is 20.1 Å². The fraction of sp³-hybridized carbons (Fsp3) is 0.300. The van der Waals surface area contributed by atoms with Crippen molar-refractivity contribution < 1.29 is 23.8 Å². The molecule has 2 N–H and O–H groups in total. The van der Waals surface area contributed by atoms with Crippen molar-refractivity contribution in [3.63, 3.8) is 0 Å². The Bertz CT molecular complexity index is 822. The van der Waals surface area contributed by atoms with Crippen molar-refractivity contribution in [1.82, 2.24) is 5.32 Å². The molecule has 27 heavy (non-hydrogen) atoms. The van der Waals surface area contributed by atoms with Crippen LogP contribution in [0.3, 0.4) is 0 Å². The van der Waals surface area contributed by atoms with Crippen molar-refractivity contribution in [3.05, 3.63) is 53.6 Å². The van der Waals surface area contributed by atoms with Gasteiger partial charge in [-0.25, -0.2) is 0 Å². The zero-order valence-corrected chi connectivity index (χ0v) is 15.1. The number of methoxy groups -OCH3 is 1. The molecule has 0 aliphatic carbocycles. The van der Waals surface area contributed by atoms with Crippen molar-refractivity contribution in [2.45, 2.75) is 6.42 Å². The summed E-state index contributed by atoms with van der Waals surface area (Å²) in [4.78, 5) is 24.7. The molecule has 0 bridgehead atoms. The number of rotatable bonds is 7. The summed E-state index contributed by atoms with van der Waals surface area (Å²) < 4.78 is 15.9. The Morgan fingerprint density at radius 3 is 2.52 bits per heavy atom. The molecule has 0 saturated heterocycles. The third kappa shape index (κ3) is 4.98. The van der Waals surface area contributed by atoms with Crippen molar-refractivity contribution in [2.75, 3.05) is 38.8 Å². The van der Waals surface area contributed by atoms with Crippen LogP contribution in [0.2, 0.25) is 0 Å². The predicted octanol–water partition coefficient (Wildman–Crippen LogP) is 2.48. The quantitative estimate of drug-likeness (QED) is 0.732. The maximum absolute atomic E-state index is 12.5. The van der Waals surface area contributed by atoms with Gasteiger partial charge in [0.2, 0.25) is 0 Å². The molecule has 142 valence electrons. The van der Waals surface area contributed by atoms with E-state index in [0.29, 0.717) is 54.7 Å². The Morgan fingerprint density at radius 2 is 1.74 bits per heavy atom. The van der Waals surface area contributed by atoms with Crippen LogP contribution in [0.1, 0.15) is 27.1 Å². The largest absolute Gasteiger partial charge is 0.486 e. The van der Waals surface area contributed by atoms with E-state index in [2.05, 4.69) is 10.6 Å². The molecule has 1 aliphatic rings. The number of nitrogens with one attached hydrogen (secondary N) is 2. The third-order valence-electron chi connectivity index (χ3n) is 4.00. The van der Waals surface area contributed by atoms with Crippen LogP contribution in [0.15, 0.2) is 42.5 Å². The van der Waals surface area contributed by atoms with Crippen LogP contribution in [0, 0.1) is 0 Å². The van der Waals surface area contributed by atoms with Gasteiger partial charge in [0.1, 0.15) is 13.2 Å². The smallest absolute Gasteiger partial charge is 0.255 e. The summed E-state index contributed by atoms with van der Waals surface area (Å²) in [6, 6.07) is 11.8. The molecular formula is C20H22N2O5. The first-order chi connectivity index (χ1) is 13.2. The maximum Gasteiger partial charge on any atom is 0.255 e. The van der Waals surface area contributed by atoms with Gasteiger partial charge in [-0.1, -0.05) is 6.07 Å². The summed E-state index contributed by atoms with van der Waals surface area (Å²) in [5.41, 5.74) is 1.43. The molecule has 0 spiro atoms.